The van der Waals surface area contributed by atoms with E-state index < -0.39 is 0 Å². The van der Waals surface area contributed by atoms with Gasteiger partial charge in [-0.1, -0.05) is 20.8 Å². The first-order valence-corrected chi connectivity index (χ1v) is 7.77. The van der Waals surface area contributed by atoms with Gasteiger partial charge in [0.05, 0.1) is 5.69 Å². The molecule has 21 heavy (non-hydrogen) atoms. The van der Waals surface area contributed by atoms with Crippen LogP contribution in [0.25, 0.3) is 5.82 Å². The van der Waals surface area contributed by atoms with Crippen molar-refractivity contribution in [2.45, 2.75) is 53.4 Å². The fourth-order valence-corrected chi connectivity index (χ4v) is 2.42. The molecule has 0 amide bonds. The lowest BCUT2D eigenvalue weighted by atomic mass is 10.2. The van der Waals surface area contributed by atoms with Crippen LogP contribution in [0.4, 0.5) is 5.82 Å². The Kier molecular flexibility index (Phi) is 4.94. The van der Waals surface area contributed by atoms with Gasteiger partial charge in [0.1, 0.15) is 11.6 Å². The Balaban J connectivity index is 2.61. The second-order valence-electron chi connectivity index (χ2n) is 5.18. The molecule has 114 valence electrons. The average molecular weight is 287 g/mol. The van der Waals surface area contributed by atoms with E-state index in [-0.39, 0.29) is 0 Å². The monoisotopic (exact) mass is 287 g/mol. The maximum absolute atomic E-state index is 4.75. The molecule has 5 heteroatoms. The summed E-state index contributed by atoms with van der Waals surface area (Å²) in [5.41, 5.74) is 3.34. The van der Waals surface area contributed by atoms with Gasteiger partial charge in [-0.25, -0.2) is 14.6 Å². The van der Waals surface area contributed by atoms with Crippen LogP contribution in [0.1, 0.15) is 50.0 Å². The Morgan fingerprint density at radius 3 is 2.48 bits per heavy atom. The standard InChI is InChI=1S/C16H25N5/c1-6-9-14-18-15(17-5)11(4)16(19-14)21-13(8-3)10-12(7-2)20-21/h10H,6-9H2,1-5H3,(H,17,18,19). The summed E-state index contributed by atoms with van der Waals surface area (Å²) in [5, 5.41) is 7.88. The number of aromatic nitrogens is 4. The lowest BCUT2D eigenvalue weighted by molar-refractivity contribution is 0.740. The highest BCUT2D eigenvalue weighted by molar-refractivity contribution is 5.51. The van der Waals surface area contributed by atoms with E-state index in [0.29, 0.717) is 0 Å². The zero-order valence-electron chi connectivity index (χ0n) is 13.7. The fourth-order valence-electron chi connectivity index (χ4n) is 2.42. The molecule has 2 aromatic rings. The summed E-state index contributed by atoms with van der Waals surface area (Å²) in [6.45, 7) is 8.46. The van der Waals surface area contributed by atoms with Crippen LogP contribution in [0.2, 0.25) is 0 Å². The van der Waals surface area contributed by atoms with Crippen molar-refractivity contribution in [1.29, 1.82) is 0 Å². The van der Waals surface area contributed by atoms with Crippen LogP contribution < -0.4 is 5.32 Å². The zero-order chi connectivity index (χ0) is 15.4. The van der Waals surface area contributed by atoms with Crippen molar-refractivity contribution < 1.29 is 0 Å². The van der Waals surface area contributed by atoms with Crippen molar-refractivity contribution in [2.75, 3.05) is 12.4 Å². The van der Waals surface area contributed by atoms with Gasteiger partial charge >= 0.3 is 0 Å². The third kappa shape index (κ3) is 3.06. The van der Waals surface area contributed by atoms with Crippen LogP contribution in [0, 0.1) is 6.92 Å². The molecule has 1 N–H and O–H groups in total. The molecule has 2 heterocycles. The largest absolute Gasteiger partial charge is 0.373 e. The minimum atomic E-state index is 0.873. The van der Waals surface area contributed by atoms with Gasteiger partial charge in [-0.3, -0.25) is 0 Å². The number of aryl methyl sites for hydroxylation is 3. The first kappa shape index (κ1) is 15.5. The molecule has 0 atom stereocenters. The lowest BCUT2D eigenvalue weighted by Crippen LogP contribution is -2.12. The van der Waals surface area contributed by atoms with Crippen LogP contribution >= 0.6 is 0 Å². The van der Waals surface area contributed by atoms with Crippen LogP contribution in [-0.4, -0.2) is 26.8 Å². The summed E-state index contributed by atoms with van der Waals surface area (Å²) >= 11 is 0. The quantitative estimate of drug-likeness (QED) is 0.887. The number of anilines is 1. The maximum Gasteiger partial charge on any atom is 0.162 e. The van der Waals surface area contributed by atoms with Gasteiger partial charge in [-0.05, 0) is 32.3 Å². The summed E-state index contributed by atoms with van der Waals surface area (Å²) < 4.78 is 1.98. The summed E-state index contributed by atoms with van der Waals surface area (Å²) in [7, 11) is 1.90. The van der Waals surface area contributed by atoms with Crippen LogP contribution in [0.3, 0.4) is 0 Å². The molecule has 0 aliphatic heterocycles. The van der Waals surface area contributed by atoms with Crippen molar-refractivity contribution in [2.24, 2.45) is 0 Å². The van der Waals surface area contributed by atoms with Crippen molar-refractivity contribution in [3.63, 3.8) is 0 Å². The van der Waals surface area contributed by atoms with Crippen molar-refractivity contribution in [3.05, 3.63) is 28.8 Å². The highest BCUT2D eigenvalue weighted by Gasteiger charge is 2.15. The van der Waals surface area contributed by atoms with E-state index >= 15 is 0 Å². The van der Waals surface area contributed by atoms with Gasteiger partial charge in [-0.2, -0.15) is 5.10 Å². The Morgan fingerprint density at radius 1 is 1.14 bits per heavy atom. The molecule has 2 rings (SSSR count). The molecule has 0 unspecified atom stereocenters. The van der Waals surface area contributed by atoms with Crippen LogP contribution in [0.5, 0.6) is 0 Å². The van der Waals surface area contributed by atoms with Crippen LogP contribution in [-0.2, 0) is 19.3 Å². The van der Waals surface area contributed by atoms with E-state index in [2.05, 4.69) is 37.1 Å². The molecule has 0 saturated carbocycles. The Morgan fingerprint density at radius 2 is 1.90 bits per heavy atom. The zero-order valence-corrected chi connectivity index (χ0v) is 13.7. The van der Waals surface area contributed by atoms with E-state index in [0.717, 1.165) is 54.4 Å². The van der Waals surface area contributed by atoms with Gasteiger partial charge < -0.3 is 5.32 Å². The van der Waals surface area contributed by atoms with Crippen molar-refractivity contribution >= 4 is 5.82 Å². The second kappa shape index (κ2) is 6.70. The first-order chi connectivity index (χ1) is 10.1. The van der Waals surface area contributed by atoms with Gasteiger partial charge in [0.2, 0.25) is 0 Å². The Bertz CT molecular complexity index is 615. The van der Waals surface area contributed by atoms with Crippen molar-refractivity contribution in [1.82, 2.24) is 19.7 Å². The predicted octanol–water partition coefficient (Wildman–Crippen LogP) is 3.09. The number of rotatable bonds is 6. The first-order valence-electron chi connectivity index (χ1n) is 7.77. The van der Waals surface area contributed by atoms with E-state index in [1.54, 1.807) is 0 Å². The van der Waals surface area contributed by atoms with Gasteiger partial charge in [0, 0.05) is 24.7 Å². The predicted molar refractivity (Wildman–Crippen MR) is 86.2 cm³/mol. The van der Waals surface area contributed by atoms with E-state index in [4.69, 9.17) is 10.1 Å². The van der Waals surface area contributed by atoms with Crippen molar-refractivity contribution in [3.8, 4) is 5.82 Å². The third-order valence-electron chi connectivity index (χ3n) is 3.64. The number of hydrogen-bond acceptors (Lipinski definition) is 4. The molecule has 0 bridgehead atoms. The minimum Gasteiger partial charge on any atom is -0.373 e. The summed E-state index contributed by atoms with van der Waals surface area (Å²) in [5.74, 6) is 2.66. The summed E-state index contributed by atoms with van der Waals surface area (Å²) in [4.78, 5) is 9.33. The SMILES string of the molecule is CCCc1nc(NC)c(C)c(-n2nc(CC)cc2CC)n1. The maximum atomic E-state index is 4.75. The van der Waals surface area contributed by atoms with Gasteiger partial charge in [0.25, 0.3) is 0 Å². The Labute approximate surface area is 126 Å². The molecule has 0 radical (unpaired) electrons. The molecule has 0 aliphatic rings. The molecular weight excluding hydrogens is 262 g/mol. The number of nitrogens with one attached hydrogen (secondary N) is 1. The minimum absolute atomic E-state index is 0.873. The number of nitrogens with zero attached hydrogens (tertiary/aromatic N) is 4. The third-order valence-corrected chi connectivity index (χ3v) is 3.64. The second-order valence-corrected chi connectivity index (χ2v) is 5.18. The van der Waals surface area contributed by atoms with E-state index in [1.165, 1.54) is 5.69 Å². The van der Waals surface area contributed by atoms with E-state index in [1.807, 2.05) is 18.7 Å². The lowest BCUT2D eigenvalue weighted by Gasteiger charge is -2.13. The summed E-state index contributed by atoms with van der Waals surface area (Å²) in [6.07, 6.45) is 3.79. The fraction of sp³-hybridized carbons (Fsp3) is 0.562. The van der Waals surface area contributed by atoms with Gasteiger partial charge in [0.15, 0.2) is 5.82 Å². The molecule has 5 nitrogen and oxygen atoms in total. The molecule has 0 fully saturated rings. The Hall–Kier alpha value is -1.91. The van der Waals surface area contributed by atoms with Gasteiger partial charge in [-0.15, -0.1) is 0 Å². The highest BCUT2D eigenvalue weighted by Crippen LogP contribution is 2.21. The molecule has 0 aliphatic carbocycles. The smallest absolute Gasteiger partial charge is 0.162 e. The molecule has 0 saturated heterocycles. The normalized spacial score (nSPS) is 10.9. The molecule has 0 aromatic carbocycles. The topological polar surface area (TPSA) is 55.6 Å². The molecule has 2 aromatic heterocycles. The van der Waals surface area contributed by atoms with Crippen LogP contribution in [0.15, 0.2) is 6.07 Å². The van der Waals surface area contributed by atoms with E-state index in [9.17, 15) is 0 Å². The average Bonchev–Trinajstić information content (AvgIpc) is 2.92. The number of hydrogen-bond donors (Lipinski definition) is 1. The molecular formula is C16H25N5. The summed E-state index contributed by atoms with van der Waals surface area (Å²) in [6, 6.07) is 2.17. The molecule has 0 spiro atoms. The highest BCUT2D eigenvalue weighted by atomic mass is 15.3.